The number of hydrogen-bond acceptors (Lipinski definition) is 2. The Morgan fingerprint density at radius 1 is 1.16 bits per heavy atom. The van der Waals surface area contributed by atoms with Crippen molar-refractivity contribution in [2.75, 3.05) is 5.73 Å². The van der Waals surface area contributed by atoms with Gasteiger partial charge in [0, 0.05) is 6.07 Å². The minimum Gasteiger partial charge on any atom is -0.384 e. The van der Waals surface area contributed by atoms with Gasteiger partial charge in [-0.05, 0) is 30.0 Å². The standard InChI is InChI=1S/C14H17Cl2N3/c1-14(2,3)8-9-6-13(17)19(18-9)10-4-5-11(15)12(16)7-10/h4-7H,8,17H2,1-3H3. The van der Waals surface area contributed by atoms with Crippen LogP contribution in [0.1, 0.15) is 26.5 Å². The molecule has 1 heterocycles. The molecule has 0 aliphatic rings. The first-order valence-electron chi connectivity index (χ1n) is 6.06. The Morgan fingerprint density at radius 2 is 1.84 bits per heavy atom. The van der Waals surface area contributed by atoms with Crippen LogP contribution in [0.5, 0.6) is 0 Å². The van der Waals surface area contributed by atoms with Crippen molar-refractivity contribution in [3.63, 3.8) is 0 Å². The monoisotopic (exact) mass is 297 g/mol. The molecule has 19 heavy (non-hydrogen) atoms. The summed E-state index contributed by atoms with van der Waals surface area (Å²) < 4.78 is 1.68. The van der Waals surface area contributed by atoms with Gasteiger partial charge < -0.3 is 5.73 Å². The second-order valence-electron chi connectivity index (χ2n) is 5.81. The van der Waals surface area contributed by atoms with Gasteiger partial charge in [-0.3, -0.25) is 0 Å². The van der Waals surface area contributed by atoms with Gasteiger partial charge in [0.1, 0.15) is 5.82 Å². The molecule has 1 aromatic heterocycles. The number of nitrogen functional groups attached to an aromatic ring is 1. The van der Waals surface area contributed by atoms with Gasteiger partial charge in [-0.25, -0.2) is 4.68 Å². The topological polar surface area (TPSA) is 43.8 Å². The number of halogens is 2. The molecule has 0 aliphatic carbocycles. The second-order valence-corrected chi connectivity index (χ2v) is 6.62. The van der Waals surface area contributed by atoms with Gasteiger partial charge >= 0.3 is 0 Å². The van der Waals surface area contributed by atoms with Gasteiger partial charge in [0.15, 0.2) is 0 Å². The maximum Gasteiger partial charge on any atom is 0.127 e. The normalized spacial score (nSPS) is 11.8. The summed E-state index contributed by atoms with van der Waals surface area (Å²) in [6.45, 7) is 6.50. The molecule has 5 heteroatoms. The summed E-state index contributed by atoms with van der Waals surface area (Å²) in [6.07, 6.45) is 0.867. The smallest absolute Gasteiger partial charge is 0.127 e. The van der Waals surface area contributed by atoms with Gasteiger partial charge in [0.25, 0.3) is 0 Å². The third-order valence-electron chi connectivity index (χ3n) is 2.65. The van der Waals surface area contributed by atoms with E-state index < -0.39 is 0 Å². The number of anilines is 1. The van der Waals surface area contributed by atoms with E-state index in [4.69, 9.17) is 28.9 Å². The Kier molecular flexibility index (Phi) is 3.79. The van der Waals surface area contributed by atoms with Crippen LogP contribution >= 0.6 is 23.2 Å². The molecular formula is C14H17Cl2N3. The van der Waals surface area contributed by atoms with Crippen LogP contribution in [-0.2, 0) is 6.42 Å². The van der Waals surface area contributed by atoms with Gasteiger partial charge in [-0.1, -0.05) is 44.0 Å². The summed E-state index contributed by atoms with van der Waals surface area (Å²) in [6, 6.07) is 7.24. The highest BCUT2D eigenvalue weighted by Gasteiger charge is 2.15. The molecule has 0 radical (unpaired) electrons. The lowest BCUT2D eigenvalue weighted by Gasteiger charge is -2.15. The Hall–Kier alpha value is -1.19. The quantitative estimate of drug-likeness (QED) is 0.895. The number of rotatable bonds is 2. The zero-order chi connectivity index (χ0) is 14.2. The SMILES string of the molecule is CC(C)(C)Cc1cc(N)n(-c2ccc(Cl)c(Cl)c2)n1. The molecule has 0 saturated heterocycles. The van der Waals surface area contributed by atoms with Crippen molar-refractivity contribution >= 4 is 29.0 Å². The minimum atomic E-state index is 0.170. The largest absolute Gasteiger partial charge is 0.384 e. The van der Waals surface area contributed by atoms with Gasteiger partial charge in [0.2, 0.25) is 0 Å². The molecule has 0 bridgehead atoms. The molecular weight excluding hydrogens is 281 g/mol. The third kappa shape index (κ3) is 3.43. The molecule has 1 aromatic carbocycles. The van der Waals surface area contributed by atoms with E-state index in [0.717, 1.165) is 17.8 Å². The average molecular weight is 298 g/mol. The van der Waals surface area contributed by atoms with Gasteiger partial charge in [0.05, 0.1) is 21.4 Å². The molecule has 0 fully saturated rings. The Morgan fingerprint density at radius 3 is 2.42 bits per heavy atom. The van der Waals surface area contributed by atoms with Crippen LogP contribution in [0.3, 0.4) is 0 Å². The predicted octanol–water partition coefficient (Wildman–Crippen LogP) is 4.35. The molecule has 0 amide bonds. The predicted molar refractivity (Wildman–Crippen MR) is 81.2 cm³/mol. The summed E-state index contributed by atoms with van der Waals surface area (Å²) in [7, 11) is 0. The lowest BCUT2D eigenvalue weighted by Crippen LogP contribution is -2.10. The first-order chi connectivity index (χ1) is 8.76. The lowest BCUT2D eigenvalue weighted by molar-refractivity contribution is 0.405. The third-order valence-corrected chi connectivity index (χ3v) is 3.39. The van der Waals surface area contributed by atoms with Crippen molar-refractivity contribution < 1.29 is 0 Å². The van der Waals surface area contributed by atoms with Crippen LogP contribution in [0.15, 0.2) is 24.3 Å². The molecule has 2 rings (SSSR count). The molecule has 0 spiro atoms. The van der Waals surface area contributed by atoms with Crippen LogP contribution < -0.4 is 5.73 Å². The van der Waals surface area contributed by atoms with E-state index in [0.29, 0.717) is 15.9 Å². The summed E-state index contributed by atoms with van der Waals surface area (Å²) in [5.41, 5.74) is 7.96. The summed E-state index contributed by atoms with van der Waals surface area (Å²) in [5, 5.41) is 5.54. The number of aromatic nitrogens is 2. The van der Waals surface area contributed by atoms with Crippen LogP contribution in [0.25, 0.3) is 5.69 Å². The van der Waals surface area contributed by atoms with Crippen molar-refractivity contribution in [1.82, 2.24) is 9.78 Å². The maximum atomic E-state index is 6.02. The van der Waals surface area contributed by atoms with Crippen molar-refractivity contribution in [3.05, 3.63) is 40.0 Å². The highest BCUT2D eigenvalue weighted by atomic mass is 35.5. The number of nitrogens with two attached hydrogens (primary N) is 1. The zero-order valence-electron chi connectivity index (χ0n) is 11.2. The van der Waals surface area contributed by atoms with E-state index in [1.807, 2.05) is 12.1 Å². The van der Waals surface area contributed by atoms with E-state index in [9.17, 15) is 0 Å². The summed E-state index contributed by atoms with van der Waals surface area (Å²) in [4.78, 5) is 0. The first kappa shape index (κ1) is 14.2. The molecule has 0 aliphatic heterocycles. The van der Waals surface area contributed by atoms with E-state index >= 15 is 0 Å². The van der Waals surface area contributed by atoms with Crippen LogP contribution in [0, 0.1) is 5.41 Å². The van der Waals surface area contributed by atoms with Gasteiger partial charge in [-0.2, -0.15) is 5.10 Å². The van der Waals surface area contributed by atoms with E-state index in [1.54, 1.807) is 16.8 Å². The van der Waals surface area contributed by atoms with Crippen LogP contribution in [0.2, 0.25) is 10.0 Å². The summed E-state index contributed by atoms with van der Waals surface area (Å²) in [5.74, 6) is 0.595. The molecule has 0 atom stereocenters. The van der Waals surface area contributed by atoms with Crippen molar-refractivity contribution in [2.45, 2.75) is 27.2 Å². The highest BCUT2D eigenvalue weighted by Crippen LogP contribution is 2.27. The first-order valence-corrected chi connectivity index (χ1v) is 6.82. The van der Waals surface area contributed by atoms with E-state index in [-0.39, 0.29) is 5.41 Å². The molecule has 0 saturated carbocycles. The van der Waals surface area contributed by atoms with Crippen LogP contribution in [-0.4, -0.2) is 9.78 Å². The zero-order valence-corrected chi connectivity index (χ0v) is 12.8. The lowest BCUT2D eigenvalue weighted by atomic mass is 9.91. The van der Waals surface area contributed by atoms with E-state index in [2.05, 4.69) is 25.9 Å². The van der Waals surface area contributed by atoms with Crippen molar-refractivity contribution in [2.24, 2.45) is 5.41 Å². The van der Waals surface area contributed by atoms with Crippen LogP contribution in [0.4, 0.5) is 5.82 Å². The number of nitrogens with zero attached hydrogens (tertiary/aromatic N) is 2. The fourth-order valence-corrected chi connectivity index (χ4v) is 2.19. The molecule has 102 valence electrons. The molecule has 2 N–H and O–H groups in total. The maximum absolute atomic E-state index is 6.02. The Balaban J connectivity index is 2.37. The average Bonchev–Trinajstić information content (AvgIpc) is 2.61. The Bertz CT molecular complexity index is 597. The minimum absolute atomic E-state index is 0.170. The summed E-state index contributed by atoms with van der Waals surface area (Å²) >= 11 is 11.9. The molecule has 3 nitrogen and oxygen atoms in total. The second kappa shape index (κ2) is 5.06. The molecule has 2 aromatic rings. The fourth-order valence-electron chi connectivity index (χ4n) is 1.90. The van der Waals surface area contributed by atoms with Gasteiger partial charge in [-0.15, -0.1) is 0 Å². The number of benzene rings is 1. The highest BCUT2D eigenvalue weighted by molar-refractivity contribution is 6.42. The molecule has 0 unspecified atom stereocenters. The fraction of sp³-hybridized carbons (Fsp3) is 0.357. The number of hydrogen-bond donors (Lipinski definition) is 1. The Labute approximate surface area is 123 Å². The van der Waals surface area contributed by atoms with E-state index in [1.165, 1.54) is 0 Å². The van der Waals surface area contributed by atoms with Crippen molar-refractivity contribution in [1.29, 1.82) is 0 Å². The van der Waals surface area contributed by atoms with Crippen molar-refractivity contribution in [3.8, 4) is 5.69 Å².